The van der Waals surface area contributed by atoms with Gasteiger partial charge in [-0.3, -0.25) is 33.7 Å². The summed E-state index contributed by atoms with van der Waals surface area (Å²) < 4.78 is 24.3. The molecule has 0 spiro atoms. The molecule has 0 saturated carbocycles. The molecule has 19 heteroatoms. The number of nitrogens with one attached hydrogen (secondary N) is 3. The number of amides is 6. The summed E-state index contributed by atoms with van der Waals surface area (Å²) in [5, 5.41) is 17.9. The van der Waals surface area contributed by atoms with E-state index in [0.717, 1.165) is 16.5 Å². The Balaban J connectivity index is 1.04. The first-order valence-corrected chi connectivity index (χ1v) is 22.5. The van der Waals surface area contributed by atoms with Gasteiger partial charge in [-0.1, -0.05) is 32.4 Å². The van der Waals surface area contributed by atoms with Crippen LogP contribution in [0.3, 0.4) is 0 Å². The molecule has 1 fully saturated rings. The van der Waals surface area contributed by atoms with Crippen LogP contribution in [0, 0.1) is 17.7 Å². The number of unbranched alkanes of at least 4 members (excludes halogenated alkanes) is 2. The van der Waals surface area contributed by atoms with Crippen molar-refractivity contribution >= 4 is 63.7 Å². The Kier molecular flexibility index (Phi) is 15.6. The van der Waals surface area contributed by atoms with Crippen molar-refractivity contribution in [2.24, 2.45) is 17.6 Å². The molecule has 1 saturated heterocycles. The number of carbonyl (C=O) groups excluding carboxylic acids is 6. The van der Waals surface area contributed by atoms with Crippen molar-refractivity contribution < 1.29 is 52.3 Å². The first kappa shape index (κ1) is 48.8. The molecule has 354 valence electrons. The molecule has 6 N–H and O–H groups in total. The topological polar surface area (TPSA) is 240 Å². The SMILES string of the molecule is CC(C)[C@H](NC(=O)CCCCCN1C(=O)C=CC1=O)C(=O)C[C@@H](CCCNC(N)=O)C(=O)Nc1ccc(C[N+]2(C)CCN(c3c(F)cc4c(=O)c(C(=O)O)cn5c4c3OCC5C)CC2)cc1. The summed E-state index contributed by atoms with van der Waals surface area (Å²) in [6.07, 6.45) is 6.06. The Labute approximate surface area is 381 Å². The molecule has 66 heavy (non-hydrogen) atoms. The number of aromatic nitrogens is 1. The van der Waals surface area contributed by atoms with Crippen LogP contribution in [0.5, 0.6) is 5.75 Å². The number of aromatic carboxylic acids is 1. The van der Waals surface area contributed by atoms with Crippen molar-refractivity contribution in [1.29, 1.82) is 0 Å². The van der Waals surface area contributed by atoms with E-state index in [4.69, 9.17) is 10.5 Å². The van der Waals surface area contributed by atoms with Crippen molar-refractivity contribution in [1.82, 2.24) is 20.1 Å². The van der Waals surface area contributed by atoms with E-state index in [1.807, 2.05) is 37.8 Å². The summed E-state index contributed by atoms with van der Waals surface area (Å²) in [4.78, 5) is 103. The minimum Gasteiger partial charge on any atom is -0.487 e. The van der Waals surface area contributed by atoms with Gasteiger partial charge in [-0.2, -0.15) is 0 Å². The number of piperazine rings is 1. The first-order chi connectivity index (χ1) is 31.3. The van der Waals surface area contributed by atoms with Gasteiger partial charge in [0.25, 0.3) is 11.8 Å². The average molecular weight is 916 g/mol. The maximum atomic E-state index is 15.9. The third-order valence-electron chi connectivity index (χ3n) is 12.7. The van der Waals surface area contributed by atoms with Gasteiger partial charge in [-0.25, -0.2) is 14.0 Å². The molecule has 3 aromatic rings. The third-order valence-corrected chi connectivity index (χ3v) is 12.7. The Morgan fingerprint density at radius 2 is 1.67 bits per heavy atom. The smallest absolute Gasteiger partial charge is 0.341 e. The molecule has 3 aliphatic rings. The molecule has 18 nitrogen and oxygen atoms in total. The molecule has 4 heterocycles. The standard InChI is InChI=1S/C47H59FN8O10/c1-28(2)40(52-37(58)10-6-5-7-18-54-38(59)15-16-39(54)60)36(57)23-31(9-8-17-50-47(49)65)45(62)51-32-13-11-30(12-14-32)26-56(4)21-19-53(20-22-56)42-35(48)24-33-41-44(42)66-27-29(3)55(41)25-34(43(33)61)46(63)64/h11-16,24-25,28-29,31,40H,5-10,17-23,26-27H2,1-4H3,(H5-,49,50,51,52,58,62,63,64,65)/p+1/t29?,31-,40+/m1/s1. The van der Waals surface area contributed by atoms with Crippen LogP contribution in [-0.2, 0) is 30.5 Å². The van der Waals surface area contributed by atoms with E-state index in [2.05, 4.69) is 23.0 Å². The van der Waals surface area contributed by atoms with Gasteiger partial charge in [0.1, 0.15) is 24.4 Å². The number of carboxylic acid groups (broad SMARTS) is 1. The number of rotatable bonds is 21. The minimum absolute atomic E-state index is 0.0366. The van der Waals surface area contributed by atoms with Gasteiger partial charge in [-0.05, 0) is 56.7 Å². The summed E-state index contributed by atoms with van der Waals surface area (Å²) in [6, 6.07) is 6.73. The minimum atomic E-state index is -1.38. The maximum absolute atomic E-state index is 15.9. The quantitative estimate of drug-likeness (QED) is 0.0585. The van der Waals surface area contributed by atoms with Crippen LogP contribution >= 0.6 is 0 Å². The number of primary amides is 1. The summed E-state index contributed by atoms with van der Waals surface area (Å²) >= 11 is 0. The first-order valence-electron chi connectivity index (χ1n) is 22.5. The van der Waals surface area contributed by atoms with Crippen molar-refractivity contribution in [2.75, 3.05) is 63.1 Å². The van der Waals surface area contributed by atoms with Gasteiger partial charge in [0.15, 0.2) is 17.3 Å². The number of ether oxygens (including phenoxy) is 1. The Bertz CT molecular complexity index is 2440. The number of pyridine rings is 1. The predicted octanol–water partition coefficient (Wildman–Crippen LogP) is 3.85. The number of likely N-dealkylation sites (N-methyl/N-ethyl adjacent to an activating group) is 1. The van der Waals surface area contributed by atoms with Crippen LogP contribution in [0.2, 0.25) is 0 Å². The van der Waals surface area contributed by atoms with Gasteiger partial charge >= 0.3 is 12.0 Å². The molecular formula is C47H60FN8O10+. The van der Waals surface area contributed by atoms with E-state index in [1.165, 1.54) is 18.3 Å². The van der Waals surface area contributed by atoms with E-state index in [9.17, 15) is 43.5 Å². The zero-order valence-electron chi connectivity index (χ0n) is 37.9. The number of imide groups is 1. The number of hydrogen-bond donors (Lipinski definition) is 5. The molecular weight excluding hydrogens is 856 g/mol. The lowest BCUT2D eigenvalue weighted by molar-refractivity contribution is -0.923. The van der Waals surface area contributed by atoms with E-state index >= 15 is 4.39 Å². The van der Waals surface area contributed by atoms with Crippen molar-refractivity contribution in [3.63, 3.8) is 0 Å². The highest BCUT2D eigenvalue weighted by Crippen LogP contribution is 2.42. The largest absolute Gasteiger partial charge is 0.487 e. The number of nitrogens with zero attached hydrogens (tertiary/aromatic N) is 4. The fourth-order valence-corrected chi connectivity index (χ4v) is 8.87. The normalized spacial score (nSPS) is 17.4. The average Bonchev–Trinajstić information content (AvgIpc) is 3.58. The van der Waals surface area contributed by atoms with Crippen LogP contribution in [0.4, 0.5) is 20.6 Å². The highest BCUT2D eigenvalue weighted by molar-refractivity contribution is 6.12. The Morgan fingerprint density at radius 3 is 2.30 bits per heavy atom. The third kappa shape index (κ3) is 11.6. The van der Waals surface area contributed by atoms with Gasteiger partial charge in [0.05, 0.1) is 56.2 Å². The fraction of sp³-hybridized carbons (Fsp3) is 0.489. The lowest BCUT2D eigenvalue weighted by atomic mass is 9.89. The molecule has 2 aromatic carbocycles. The summed E-state index contributed by atoms with van der Waals surface area (Å²) in [5.74, 6) is -4.53. The molecule has 0 bridgehead atoms. The van der Waals surface area contributed by atoms with E-state index in [0.29, 0.717) is 74.1 Å². The number of halogens is 1. The summed E-state index contributed by atoms with van der Waals surface area (Å²) in [6.45, 7) is 9.04. The van der Waals surface area contributed by atoms with E-state index in [1.54, 1.807) is 16.7 Å². The molecule has 3 aliphatic heterocycles. The number of carbonyl (C=O) groups is 7. The highest BCUT2D eigenvalue weighted by atomic mass is 19.1. The number of ketones is 1. The van der Waals surface area contributed by atoms with E-state index in [-0.39, 0.29) is 97.2 Å². The van der Waals surface area contributed by atoms with Crippen LogP contribution in [-0.4, -0.2) is 119 Å². The second-order valence-corrected chi connectivity index (χ2v) is 18.1. The maximum Gasteiger partial charge on any atom is 0.341 e. The molecule has 3 atom stereocenters. The number of anilines is 2. The summed E-state index contributed by atoms with van der Waals surface area (Å²) in [7, 11) is 2.11. The molecule has 1 aromatic heterocycles. The predicted molar refractivity (Wildman–Crippen MR) is 243 cm³/mol. The van der Waals surface area contributed by atoms with Gasteiger partial charge in [0, 0.05) is 61.4 Å². The Hall–Kier alpha value is -6.63. The van der Waals surface area contributed by atoms with E-state index < -0.39 is 40.8 Å². The Morgan fingerprint density at radius 1 is 0.985 bits per heavy atom. The molecule has 0 radical (unpaired) electrons. The number of urea groups is 1. The fourth-order valence-electron chi connectivity index (χ4n) is 8.87. The molecule has 0 aliphatic carbocycles. The zero-order chi connectivity index (χ0) is 47.9. The number of nitrogens with two attached hydrogens (primary N) is 1. The van der Waals surface area contributed by atoms with Gasteiger partial charge in [0.2, 0.25) is 17.2 Å². The number of hydrogen-bond acceptors (Lipinski definition) is 10. The van der Waals surface area contributed by atoms with Crippen LogP contribution < -0.4 is 36.7 Å². The lowest BCUT2D eigenvalue weighted by Gasteiger charge is -2.43. The van der Waals surface area contributed by atoms with Gasteiger partial charge in [-0.15, -0.1) is 0 Å². The number of quaternary nitrogens is 1. The number of Topliss-reactive ketones (excluding diaryl/α,β-unsaturated/α-hetero) is 1. The molecule has 1 unspecified atom stereocenters. The monoisotopic (exact) mass is 915 g/mol. The number of benzene rings is 2. The van der Waals surface area contributed by atoms with Crippen LogP contribution in [0.1, 0.15) is 87.7 Å². The zero-order valence-corrected chi connectivity index (χ0v) is 37.9. The highest BCUT2D eigenvalue weighted by Gasteiger charge is 2.35. The van der Waals surface area contributed by atoms with Gasteiger partial charge < -0.3 is 45.5 Å². The van der Waals surface area contributed by atoms with Crippen molar-refractivity contribution in [3.8, 4) is 5.75 Å². The summed E-state index contributed by atoms with van der Waals surface area (Å²) in [5.41, 5.74) is 6.20. The van der Waals surface area contributed by atoms with Crippen molar-refractivity contribution in [3.05, 3.63) is 75.8 Å². The second kappa shape index (κ2) is 21.1. The second-order valence-electron chi connectivity index (χ2n) is 18.1. The molecule has 6 amide bonds. The van der Waals surface area contributed by atoms with Crippen LogP contribution in [0.25, 0.3) is 10.9 Å². The number of carboxylic acids is 1. The van der Waals surface area contributed by atoms with Crippen molar-refractivity contribution in [2.45, 2.75) is 84.3 Å². The molecule has 6 rings (SSSR count). The van der Waals surface area contributed by atoms with Crippen LogP contribution in [0.15, 0.2) is 53.5 Å². The lowest BCUT2D eigenvalue weighted by Crippen LogP contribution is -2.57.